The molecule has 1 aliphatic rings. The number of nitrogens with zero attached hydrogens (tertiary/aromatic N) is 1. The van der Waals surface area contributed by atoms with Gasteiger partial charge in [-0.3, -0.25) is 14.6 Å². The van der Waals surface area contributed by atoms with E-state index in [0.29, 0.717) is 16.8 Å². The van der Waals surface area contributed by atoms with Gasteiger partial charge in [0, 0.05) is 22.4 Å². The number of aliphatic imine (C=N–C) groups is 1. The van der Waals surface area contributed by atoms with Gasteiger partial charge >= 0.3 is 0 Å². The summed E-state index contributed by atoms with van der Waals surface area (Å²) in [5.74, 6) is 0.562. The molecular formula is C29H30N2O3. The lowest BCUT2D eigenvalue weighted by molar-refractivity contribution is 0.0998. The third-order valence-electron chi connectivity index (χ3n) is 6.11. The van der Waals surface area contributed by atoms with Crippen molar-refractivity contribution in [1.29, 1.82) is 0 Å². The number of fused-ring (bicyclic) bond motifs is 1. The third-order valence-corrected chi connectivity index (χ3v) is 6.11. The molecule has 3 aromatic carbocycles. The van der Waals surface area contributed by atoms with E-state index in [4.69, 9.17) is 9.73 Å². The predicted octanol–water partition coefficient (Wildman–Crippen LogP) is 5.91. The number of carbonyl (C=O) groups is 2. The zero-order valence-corrected chi connectivity index (χ0v) is 20.1. The summed E-state index contributed by atoms with van der Waals surface area (Å²) in [6.07, 6.45) is 1.96. The van der Waals surface area contributed by atoms with Crippen molar-refractivity contribution in [3.63, 3.8) is 0 Å². The Morgan fingerprint density at radius 2 is 1.65 bits per heavy atom. The molecule has 34 heavy (non-hydrogen) atoms. The molecule has 5 heteroatoms. The van der Waals surface area contributed by atoms with Gasteiger partial charge in [-0.05, 0) is 86.3 Å². The second kappa shape index (κ2) is 9.64. The third kappa shape index (κ3) is 5.25. The molecule has 1 aliphatic heterocycles. The Balaban J connectivity index is 1.47. The highest BCUT2D eigenvalue weighted by Crippen LogP contribution is 2.31. The van der Waals surface area contributed by atoms with Crippen LogP contribution in [0.15, 0.2) is 71.7 Å². The van der Waals surface area contributed by atoms with Crippen molar-refractivity contribution in [2.45, 2.75) is 45.6 Å². The summed E-state index contributed by atoms with van der Waals surface area (Å²) in [4.78, 5) is 30.5. The van der Waals surface area contributed by atoms with Crippen LogP contribution in [0.4, 0.5) is 5.69 Å². The Bertz CT molecular complexity index is 1240. The molecule has 0 radical (unpaired) electrons. The topological polar surface area (TPSA) is 67.8 Å². The predicted molar refractivity (Wildman–Crippen MR) is 136 cm³/mol. The maximum Gasteiger partial charge on any atom is 0.255 e. The number of benzene rings is 3. The molecule has 1 heterocycles. The van der Waals surface area contributed by atoms with Gasteiger partial charge in [-0.2, -0.15) is 0 Å². The molecule has 174 valence electrons. The molecule has 0 saturated heterocycles. The van der Waals surface area contributed by atoms with Crippen molar-refractivity contribution in [3.05, 3.63) is 94.5 Å². The van der Waals surface area contributed by atoms with Crippen molar-refractivity contribution in [1.82, 2.24) is 0 Å². The van der Waals surface area contributed by atoms with Gasteiger partial charge in [0.2, 0.25) is 0 Å². The summed E-state index contributed by atoms with van der Waals surface area (Å²) >= 11 is 0. The highest BCUT2D eigenvalue weighted by molar-refractivity contribution is 6.17. The zero-order valence-electron chi connectivity index (χ0n) is 20.1. The number of ether oxygens (including phenoxy) is 1. The fraction of sp³-hybridized carbons (Fsp3) is 0.276. The smallest absolute Gasteiger partial charge is 0.255 e. The molecule has 0 spiro atoms. The van der Waals surface area contributed by atoms with Crippen LogP contribution in [0.3, 0.4) is 0 Å². The van der Waals surface area contributed by atoms with Crippen molar-refractivity contribution in [2.24, 2.45) is 4.99 Å². The molecule has 1 amide bonds. The highest BCUT2D eigenvalue weighted by atomic mass is 16.5. The van der Waals surface area contributed by atoms with Gasteiger partial charge in [0.15, 0.2) is 5.78 Å². The van der Waals surface area contributed by atoms with E-state index in [1.54, 1.807) is 31.4 Å². The number of anilines is 1. The van der Waals surface area contributed by atoms with Crippen molar-refractivity contribution >= 4 is 23.1 Å². The van der Waals surface area contributed by atoms with Gasteiger partial charge in [-0.1, -0.05) is 25.1 Å². The van der Waals surface area contributed by atoms with Gasteiger partial charge in [-0.15, -0.1) is 0 Å². The average Bonchev–Trinajstić information content (AvgIpc) is 2.83. The van der Waals surface area contributed by atoms with E-state index < -0.39 is 0 Å². The fourth-order valence-corrected chi connectivity index (χ4v) is 4.26. The van der Waals surface area contributed by atoms with Crippen LogP contribution in [-0.4, -0.2) is 30.1 Å². The van der Waals surface area contributed by atoms with E-state index in [-0.39, 0.29) is 23.7 Å². The molecule has 0 atom stereocenters. The number of aryl methyl sites for hydroxylation is 1. The zero-order chi connectivity index (χ0) is 24.3. The molecule has 4 rings (SSSR count). The lowest BCUT2D eigenvalue weighted by Crippen LogP contribution is -2.30. The maximum atomic E-state index is 13.1. The monoisotopic (exact) mass is 454 g/mol. The molecular weight excluding hydrogens is 424 g/mol. The number of amides is 1. The summed E-state index contributed by atoms with van der Waals surface area (Å²) in [7, 11) is 1.64. The largest absolute Gasteiger partial charge is 0.497 e. The summed E-state index contributed by atoms with van der Waals surface area (Å²) < 4.78 is 5.38. The number of rotatable bonds is 7. The number of hydrogen-bond acceptors (Lipinski definition) is 4. The first-order chi connectivity index (χ1) is 16.3. The summed E-state index contributed by atoms with van der Waals surface area (Å²) in [5, 5.41) is 2.89. The molecule has 0 aromatic heterocycles. The van der Waals surface area contributed by atoms with E-state index in [0.717, 1.165) is 29.9 Å². The lowest BCUT2D eigenvalue weighted by Gasteiger charge is -2.29. The van der Waals surface area contributed by atoms with Gasteiger partial charge in [0.1, 0.15) is 5.75 Å². The Hall–Kier alpha value is -3.73. The van der Waals surface area contributed by atoms with Crippen LogP contribution in [0.25, 0.3) is 0 Å². The van der Waals surface area contributed by atoms with Gasteiger partial charge in [0.05, 0.1) is 24.8 Å². The normalized spacial score (nSPS) is 14.1. The number of Topliss-reactive ketones (excluding diaryl/α,β-unsaturated/α-hetero) is 1. The van der Waals surface area contributed by atoms with Crippen LogP contribution >= 0.6 is 0 Å². The minimum atomic E-state index is -0.263. The number of hydrogen-bond donors (Lipinski definition) is 1. The average molecular weight is 455 g/mol. The Morgan fingerprint density at radius 3 is 2.29 bits per heavy atom. The number of nitrogens with one attached hydrogen (secondary N) is 1. The molecule has 0 bridgehead atoms. The first-order valence-corrected chi connectivity index (χ1v) is 11.6. The van der Waals surface area contributed by atoms with Crippen molar-refractivity contribution in [3.8, 4) is 5.75 Å². The van der Waals surface area contributed by atoms with Crippen LogP contribution in [0.2, 0.25) is 0 Å². The maximum absolute atomic E-state index is 13.1. The molecule has 3 aromatic rings. The molecule has 0 unspecified atom stereocenters. The van der Waals surface area contributed by atoms with E-state index in [9.17, 15) is 9.59 Å². The molecule has 0 fully saturated rings. The van der Waals surface area contributed by atoms with Crippen molar-refractivity contribution in [2.75, 3.05) is 12.4 Å². The van der Waals surface area contributed by atoms with Crippen LogP contribution in [0.1, 0.15) is 64.6 Å². The lowest BCUT2D eigenvalue weighted by atomic mass is 9.85. The molecule has 0 saturated carbocycles. The van der Waals surface area contributed by atoms with E-state index >= 15 is 0 Å². The number of carbonyl (C=O) groups excluding carboxylic acids is 2. The summed E-state index contributed by atoms with van der Waals surface area (Å²) in [5.41, 5.74) is 5.69. The standard InChI is InChI=1S/C29H30N2O3/c1-5-19-6-8-21(9-7-19)28(33)30-23-13-10-20(11-14-23)27(32)17-26-25-16-24(34-4)15-12-22(25)18-29(2,3)31-26/h6-16H,5,17-18H2,1-4H3,(H,30,33). The Labute approximate surface area is 200 Å². The molecule has 1 N–H and O–H groups in total. The second-order valence-corrected chi connectivity index (χ2v) is 9.25. The van der Waals surface area contributed by atoms with Crippen LogP contribution < -0.4 is 10.1 Å². The first-order valence-electron chi connectivity index (χ1n) is 11.6. The highest BCUT2D eigenvalue weighted by Gasteiger charge is 2.28. The van der Waals surface area contributed by atoms with Crippen molar-refractivity contribution < 1.29 is 14.3 Å². The van der Waals surface area contributed by atoms with Gasteiger partial charge in [-0.25, -0.2) is 0 Å². The first kappa shape index (κ1) is 23.4. The van der Waals surface area contributed by atoms with Gasteiger partial charge in [0.25, 0.3) is 5.91 Å². The minimum absolute atomic E-state index is 0.0155. The van der Waals surface area contributed by atoms with Crippen LogP contribution in [0, 0.1) is 0 Å². The van der Waals surface area contributed by atoms with Gasteiger partial charge < -0.3 is 10.1 Å². The SMILES string of the molecule is CCc1ccc(C(=O)Nc2ccc(C(=O)CC3=NC(C)(C)Cc4ccc(OC)cc43)cc2)cc1. The minimum Gasteiger partial charge on any atom is -0.497 e. The summed E-state index contributed by atoms with van der Waals surface area (Å²) in [6.45, 7) is 6.24. The number of ketones is 1. The molecule has 0 aliphatic carbocycles. The van der Waals surface area contributed by atoms with E-state index in [1.807, 2.05) is 36.4 Å². The van der Waals surface area contributed by atoms with Crippen LogP contribution in [0.5, 0.6) is 5.75 Å². The Kier molecular flexibility index (Phi) is 6.64. The Morgan fingerprint density at radius 1 is 0.971 bits per heavy atom. The quantitative estimate of drug-likeness (QED) is 0.452. The fourth-order valence-electron chi connectivity index (χ4n) is 4.26. The number of methoxy groups -OCH3 is 1. The summed E-state index contributed by atoms with van der Waals surface area (Å²) in [6, 6.07) is 20.5. The van der Waals surface area contributed by atoms with E-state index in [1.165, 1.54) is 11.1 Å². The van der Waals surface area contributed by atoms with E-state index in [2.05, 4.69) is 32.2 Å². The molecule has 5 nitrogen and oxygen atoms in total. The second-order valence-electron chi connectivity index (χ2n) is 9.25. The van der Waals surface area contributed by atoms with Crippen LogP contribution in [-0.2, 0) is 12.8 Å².